The van der Waals surface area contributed by atoms with Crippen LogP contribution in [0, 0.1) is 17.2 Å². The number of aromatic nitrogens is 2. The highest BCUT2D eigenvalue weighted by Gasteiger charge is 2.00. The van der Waals surface area contributed by atoms with Crippen molar-refractivity contribution in [2.45, 2.75) is 19.8 Å². The van der Waals surface area contributed by atoms with Crippen molar-refractivity contribution in [3.05, 3.63) is 18.1 Å². The minimum Gasteiger partial charge on any atom is -0.396 e. The Kier molecular flexibility index (Phi) is 5.23. The smallest absolute Gasteiger partial charge is 0.158 e. The predicted octanol–water partition coefficient (Wildman–Crippen LogP) is 1.17. The average Bonchev–Trinajstić information content (AvgIpc) is 2.35. The van der Waals surface area contributed by atoms with E-state index in [-0.39, 0.29) is 6.61 Å². The molecule has 0 saturated heterocycles. The molecule has 1 aromatic heterocycles. The molecular formula is C11H16N4O. The van der Waals surface area contributed by atoms with Crippen molar-refractivity contribution in [2.75, 3.05) is 18.5 Å². The monoisotopic (exact) mass is 220 g/mol. The molecule has 0 radical (unpaired) electrons. The summed E-state index contributed by atoms with van der Waals surface area (Å²) in [5, 5.41) is 20.5. The van der Waals surface area contributed by atoms with Crippen LogP contribution in [0.3, 0.4) is 0 Å². The Morgan fingerprint density at radius 2 is 2.31 bits per heavy atom. The van der Waals surface area contributed by atoms with Gasteiger partial charge in [0, 0.05) is 13.2 Å². The molecule has 16 heavy (non-hydrogen) atoms. The first-order valence-electron chi connectivity index (χ1n) is 5.33. The zero-order chi connectivity index (χ0) is 11.8. The maximum atomic E-state index is 8.84. The molecule has 5 nitrogen and oxygen atoms in total. The lowest BCUT2D eigenvalue weighted by Crippen LogP contribution is -2.07. The Morgan fingerprint density at radius 3 is 2.88 bits per heavy atom. The summed E-state index contributed by atoms with van der Waals surface area (Å²) in [6.45, 7) is 3.04. The third-order valence-electron chi connectivity index (χ3n) is 2.26. The lowest BCUT2D eigenvalue weighted by molar-refractivity contribution is 0.229. The fourth-order valence-corrected chi connectivity index (χ4v) is 1.24. The second-order valence-electron chi connectivity index (χ2n) is 3.76. The molecule has 0 aliphatic heterocycles. The first-order valence-corrected chi connectivity index (χ1v) is 5.33. The van der Waals surface area contributed by atoms with Gasteiger partial charge in [-0.05, 0) is 18.8 Å². The number of nitrogens with zero attached hydrogens (tertiary/aromatic N) is 3. The molecule has 0 saturated carbocycles. The van der Waals surface area contributed by atoms with Gasteiger partial charge in [-0.2, -0.15) is 5.26 Å². The molecule has 86 valence electrons. The van der Waals surface area contributed by atoms with Crippen LogP contribution in [0.4, 0.5) is 5.82 Å². The highest BCUT2D eigenvalue weighted by Crippen LogP contribution is 2.05. The highest BCUT2D eigenvalue weighted by atomic mass is 16.3. The SMILES string of the molecule is CC(CO)CCCNc1cnc(C#N)cn1. The van der Waals surface area contributed by atoms with E-state index < -0.39 is 0 Å². The van der Waals surface area contributed by atoms with Crippen molar-refractivity contribution in [2.24, 2.45) is 5.92 Å². The maximum absolute atomic E-state index is 8.84. The van der Waals surface area contributed by atoms with Gasteiger partial charge in [0.15, 0.2) is 5.69 Å². The highest BCUT2D eigenvalue weighted by molar-refractivity contribution is 5.32. The van der Waals surface area contributed by atoms with Crippen LogP contribution in [-0.2, 0) is 0 Å². The summed E-state index contributed by atoms with van der Waals surface area (Å²) >= 11 is 0. The van der Waals surface area contributed by atoms with E-state index in [4.69, 9.17) is 10.4 Å². The molecule has 1 unspecified atom stereocenters. The number of nitrogens with one attached hydrogen (secondary N) is 1. The van der Waals surface area contributed by atoms with Crippen LogP contribution in [0.15, 0.2) is 12.4 Å². The molecule has 1 rings (SSSR count). The fraction of sp³-hybridized carbons (Fsp3) is 0.545. The van der Waals surface area contributed by atoms with Gasteiger partial charge in [-0.3, -0.25) is 0 Å². The summed E-state index contributed by atoms with van der Waals surface area (Å²) in [6.07, 6.45) is 4.95. The van der Waals surface area contributed by atoms with Crippen LogP contribution < -0.4 is 5.32 Å². The minimum absolute atomic E-state index is 0.233. The topological polar surface area (TPSA) is 81.8 Å². The third-order valence-corrected chi connectivity index (χ3v) is 2.26. The van der Waals surface area contributed by atoms with E-state index >= 15 is 0 Å². The molecular weight excluding hydrogens is 204 g/mol. The van der Waals surface area contributed by atoms with E-state index in [1.807, 2.05) is 13.0 Å². The zero-order valence-corrected chi connectivity index (χ0v) is 9.35. The number of rotatable bonds is 6. The van der Waals surface area contributed by atoms with E-state index in [2.05, 4.69) is 15.3 Å². The van der Waals surface area contributed by atoms with Crippen molar-refractivity contribution in [1.82, 2.24) is 9.97 Å². The molecule has 5 heteroatoms. The Morgan fingerprint density at radius 1 is 1.50 bits per heavy atom. The standard InChI is InChI=1S/C11H16N4O/c1-9(8-16)3-2-4-13-11-7-14-10(5-12)6-15-11/h6-7,9,16H,2-4,8H2,1H3,(H,13,15). The van der Waals surface area contributed by atoms with E-state index in [1.54, 1.807) is 6.20 Å². The molecule has 1 heterocycles. The maximum Gasteiger partial charge on any atom is 0.158 e. The Balaban J connectivity index is 2.25. The molecule has 1 aromatic rings. The number of anilines is 1. The Hall–Kier alpha value is -1.67. The molecule has 0 aliphatic rings. The van der Waals surface area contributed by atoms with Crippen molar-refractivity contribution < 1.29 is 5.11 Å². The summed E-state index contributed by atoms with van der Waals surface area (Å²) in [5.74, 6) is 1.02. The Labute approximate surface area is 95.2 Å². The molecule has 0 amide bonds. The first kappa shape index (κ1) is 12.4. The van der Waals surface area contributed by atoms with E-state index in [0.717, 1.165) is 19.4 Å². The number of hydrogen-bond donors (Lipinski definition) is 2. The van der Waals surface area contributed by atoms with E-state index in [9.17, 15) is 0 Å². The van der Waals surface area contributed by atoms with Crippen LogP contribution in [0.2, 0.25) is 0 Å². The first-order chi connectivity index (χ1) is 7.76. The van der Waals surface area contributed by atoms with Gasteiger partial charge in [0.25, 0.3) is 0 Å². The summed E-state index contributed by atoms with van der Waals surface area (Å²) in [5.41, 5.74) is 0.319. The largest absolute Gasteiger partial charge is 0.396 e. The van der Waals surface area contributed by atoms with Gasteiger partial charge in [-0.1, -0.05) is 6.92 Å². The second kappa shape index (κ2) is 6.75. The number of aliphatic hydroxyl groups is 1. The Bertz CT molecular complexity index is 344. The summed E-state index contributed by atoms with van der Waals surface area (Å²) in [7, 11) is 0. The lowest BCUT2D eigenvalue weighted by atomic mass is 10.1. The van der Waals surface area contributed by atoms with Gasteiger partial charge in [0.1, 0.15) is 11.9 Å². The quantitative estimate of drug-likeness (QED) is 0.703. The third kappa shape index (κ3) is 4.24. The fourth-order valence-electron chi connectivity index (χ4n) is 1.24. The van der Waals surface area contributed by atoms with Gasteiger partial charge in [0.2, 0.25) is 0 Å². The molecule has 1 atom stereocenters. The van der Waals surface area contributed by atoms with Gasteiger partial charge in [0.05, 0.1) is 12.4 Å². The normalized spacial score (nSPS) is 11.8. The van der Waals surface area contributed by atoms with Crippen LogP contribution in [0.1, 0.15) is 25.5 Å². The van der Waals surface area contributed by atoms with Crippen LogP contribution in [-0.4, -0.2) is 28.2 Å². The van der Waals surface area contributed by atoms with Crippen molar-refractivity contribution in [3.8, 4) is 6.07 Å². The van der Waals surface area contributed by atoms with Gasteiger partial charge in [-0.25, -0.2) is 9.97 Å². The van der Waals surface area contributed by atoms with Crippen molar-refractivity contribution >= 4 is 5.82 Å². The van der Waals surface area contributed by atoms with Crippen LogP contribution >= 0.6 is 0 Å². The average molecular weight is 220 g/mol. The molecule has 0 aromatic carbocycles. The number of aliphatic hydroxyl groups excluding tert-OH is 1. The minimum atomic E-state index is 0.233. The summed E-state index contributed by atoms with van der Waals surface area (Å²) < 4.78 is 0. The molecule has 0 bridgehead atoms. The van der Waals surface area contributed by atoms with E-state index in [1.165, 1.54) is 6.20 Å². The molecule has 0 aliphatic carbocycles. The lowest BCUT2D eigenvalue weighted by Gasteiger charge is -2.08. The zero-order valence-electron chi connectivity index (χ0n) is 9.35. The number of hydrogen-bond acceptors (Lipinski definition) is 5. The van der Waals surface area contributed by atoms with Crippen LogP contribution in [0.25, 0.3) is 0 Å². The predicted molar refractivity (Wildman–Crippen MR) is 60.7 cm³/mol. The van der Waals surface area contributed by atoms with Crippen molar-refractivity contribution in [1.29, 1.82) is 5.26 Å². The van der Waals surface area contributed by atoms with Crippen LogP contribution in [0.5, 0.6) is 0 Å². The molecule has 2 N–H and O–H groups in total. The summed E-state index contributed by atoms with van der Waals surface area (Å²) in [6, 6.07) is 1.91. The van der Waals surface area contributed by atoms with Crippen molar-refractivity contribution in [3.63, 3.8) is 0 Å². The van der Waals surface area contributed by atoms with Gasteiger partial charge < -0.3 is 10.4 Å². The van der Waals surface area contributed by atoms with Gasteiger partial charge >= 0.3 is 0 Å². The van der Waals surface area contributed by atoms with E-state index in [0.29, 0.717) is 17.4 Å². The summed E-state index contributed by atoms with van der Waals surface area (Å²) in [4.78, 5) is 7.94. The second-order valence-corrected chi connectivity index (χ2v) is 3.76. The number of nitriles is 1. The molecule has 0 spiro atoms. The van der Waals surface area contributed by atoms with Gasteiger partial charge in [-0.15, -0.1) is 0 Å². The molecule has 0 fully saturated rings.